The summed E-state index contributed by atoms with van der Waals surface area (Å²) in [5.41, 5.74) is 5.14. The van der Waals surface area contributed by atoms with Gasteiger partial charge in [0.25, 0.3) is 0 Å². The molecule has 1 aliphatic heterocycles. The van der Waals surface area contributed by atoms with Crippen LogP contribution in [0.1, 0.15) is 27.2 Å². The van der Waals surface area contributed by atoms with Crippen molar-refractivity contribution in [2.45, 2.75) is 44.9 Å². The van der Waals surface area contributed by atoms with Gasteiger partial charge in [-0.3, -0.25) is 9.69 Å². The van der Waals surface area contributed by atoms with E-state index in [9.17, 15) is 9.90 Å². The lowest BCUT2D eigenvalue weighted by Crippen LogP contribution is -2.50. The van der Waals surface area contributed by atoms with Gasteiger partial charge in [-0.2, -0.15) is 0 Å². The first kappa shape index (κ1) is 10.5. The second-order valence-electron chi connectivity index (χ2n) is 4.63. The molecule has 0 unspecified atom stereocenters. The van der Waals surface area contributed by atoms with E-state index in [2.05, 4.69) is 0 Å². The second-order valence-corrected chi connectivity index (χ2v) is 4.63. The van der Waals surface area contributed by atoms with Crippen LogP contribution in [0, 0.1) is 0 Å². The molecule has 4 nitrogen and oxygen atoms in total. The molecule has 1 fully saturated rings. The fourth-order valence-electron chi connectivity index (χ4n) is 1.82. The normalized spacial score (nSPS) is 30.8. The highest BCUT2D eigenvalue weighted by molar-refractivity contribution is 5.80. The number of hydrogen-bond donors (Lipinski definition) is 2. The quantitative estimate of drug-likeness (QED) is 0.591. The molecule has 13 heavy (non-hydrogen) atoms. The van der Waals surface area contributed by atoms with E-state index in [1.165, 1.54) is 0 Å². The van der Waals surface area contributed by atoms with E-state index in [0.29, 0.717) is 13.0 Å². The van der Waals surface area contributed by atoms with Crippen LogP contribution in [-0.2, 0) is 4.79 Å². The van der Waals surface area contributed by atoms with Crippen LogP contribution in [0.5, 0.6) is 0 Å². The number of nitrogens with zero attached hydrogens (tertiary/aromatic N) is 1. The summed E-state index contributed by atoms with van der Waals surface area (Å²) in [5, 5.41) is 9.43. The summed E-state index contributed by atoms with van der Waals surface area (Å²) in [5.74, 6) is -0.341. The van der Waals surface area contributed by atoms with E-state index >= 15 is 0 Å². The molecule has 0 aromatic carbocycles. The molecule has 2 atom stereocenters. The standard InChI is InChI=1S/C9H18N2O2/c1-9(2,3)11-5-6(12)4-7(11)8(10)13/h6-7,12H,4-5H2,1-3H3,(H2,10,13)/t6-,7+/m1/s1. The maximum Gasteiger partial charge on any atom is 0.234 e. The lowest BCUT2D eigenvalue weighted by molar-refractivity contribution is -0.123. The summed E-state index contributed by atoms with van der Waals surface area (Å²) in [4.78, 5) is 13.0. The predicted octanol–water partition coefficient (Wildman–Crippen LogP) is -0.295. The topological polar surface area (TPSA) is 66.6 Å². The van der Waals surface area contributed by atoms with Gasteiger partial charge in [-0.1, -0.05) is 0 Å². The number of hydrogen-bond acceptors (Lipinski definition) is 3. The van der Waals surface area contributed by atoms with Crippen molar-refractivity contribution < 1.29 is 9.90 Å². The number of likely N-dealkylation sites (tertiary alicyclic amines) is 1. The molecule has 0 aromatic heterocycles. The number of nitrogens with two attached hydrogens (primary N) is 1. The minimum absolute atomic E-state index is 0.114. The molecule has 1 saturated heterocycles. The van der Waals surface area contributed by atoms with E-state index in [4.69, 9.17) is 5.73 Å². The zero-order chi connectivity index (χ0) is 10.2. The zero-order valence-corrected chi connectivity index (χ0v) is 8.45. The number of aliphatic hydroxyl groups is 1. The van der Waals surface area contributed by atoms with E-state index in [-0.39, 0.29) is 17.5 Å². The van der Waals surface area contributed by atoms with Crippen molar-refractivity contribution in [3.8, 4) is 0 Å². The van der Waals surface area contributed by atoms with E-state index in [0.717, 1.165) is 0 Å². The Morgan fingerprint density at radius 3 is 2.38 bits per heavy atom. The summed E-state index contributed by atoms with van der Waals surface area (Å²) >= 11 is 0. The molecule has 0 bridgehead atoms. The molecule has 1 rings (SSSR count). The van der Waals surface area contributed by atoms with Gasteiger partial charge in [-0.05, 0) is 27.2 Å². The second kappa shape index (κ2) is 3.27. The van der Waals surface area contributed by atoms with Crippen LogP contribution in [0.25, 0.3) is 0 Å². The fourth-order valence-corrected chi connectivity index (χ4v) is 1.82. The largest absolute Gasteiger partial charge is 0.392 e. The number of aliphatic hydroxyl groups excluding tert-OH is 1. The van der Waals surface area contributed by atoms with E-state index in [1.54, 1.807) is 0 Å². The average Bonchev–Trinajstić information content (AvgIpc) is 2.29. The fraction of sp³-hybridized carbons (Fsp3) is 0.889. The molecular weight excluding hydrogens is 168 g/mol. The van der Waals surface area contributed by atoms with Gasteiger partial charge in [0.15, 0.2) is 0 Å². The summed E-state index contributed by atoms with van der Waals surface area (Å²) in [6.45, 7) is 6.58. The van der Waals surface area contributed by atoms with Crippen LogP contribution < -0.4 is 5.73 Å². The minimum atomic E-state index is -0.420. The molecule has 0 aromatic rings. The summed E-state index contributed by atoms with van der Waals surface area (Å²) in [6.07, 6.45) is 0.0452. The van der Waals surface area contributed by atoms with Gasteiger partial charge in [0.2, 0.25) is 5.91 Å². The number of carbonyl (C=O) groups is 1. The van der Waals surface area contributed by atoms with Gasteiger partial charge in [0, 0.05) is 12.1 Å². The zero-order valence-electron chi connectivity index (χ0n) is 8.45. The van der Waals surface area contributed by atoms with Gasteiger partial charge in [0.05, 0.1) is 12.1 Å². The van der Waals surface area contributed by atoms with Crippen LogP contribution in [-0.4, -0.2) is 40.1 Å². The molecule has 0 aliphatic carbocycles. The van der Waals surface area contributed by atoms with Crippen molar-refractivity contribution in [3.05, 3.63) is 0 Å². The average molecular weight is 186 g/mol. The SMILES string of the molecule is CC(C)(C)N1C[C@H](O)C[C@H]1C(N)=O. The Morgan fingerprint density at radius 1 is 1.54 bits per heavy atom. The van der Waals surface area contributed by atoms with Crippen molar-refractivity contribution in [1.82, 2.24) is 4.90 Å². The highest BCUT2D eigenvalue weighted by Gasteiger charge is 2.40. The lowest BCUT2D eigenvalue weighted by Gasteiger charge is -2.35. The first-order valence-electron chi connectivity index (χ1n) is 4.56. The minimum Gasteiger partial charge on any atom is -0.392 e. The van der Waals surface area contributed by atoms with Gasteiger partial charge in [0.1, 0.15) is 0 Å². The Bertz CT molecular complexity index is 210. The van der Waals surface area contributed by atoms with Crippen LogP contribution in [0.2, 0.25) is 0 Å². The first-order valence-corrected chi connectivity index (χ1v) is 4.56. The van der Waals surface area contributed by atoms with Crippen molar-refractivity contribution in [3.63, 3.8) is 0 Å². The van der Waals surface area contributed by atoms with Crippen molar-refractivity contribution >= 4 is 5.91 Å². The Balaban J connectivity index is 2.78. The molecule has 1 heterocycles. The number of rotatable bonds is 1. The molecule has 4 heteroatoms. The Labute approximate surface area is 78.7 Å². The predicted molar refractivity (Wildman–Crippen MR) is 50.1 cm³/mol. The molecule has 1 amide bonds. The molecule has 0 saturated carbocycles. The number of primary amides is 1. The third-order valence-corrected chi connectivity index (χ3v) is 2.47. The van der Waals surface area contributed by atoms with E-state index in [1.807, 2.05) is 25.7 Å². The highest BCUT2D eigenvalue weighted by atomic mass is 16.3. The molecular formula is C9H18N2O2. The molecule has 0 radical (unpaired) electrons. The summed E-state index contributed by atoms with van der Waals surface area (Å²) in [6, 6.07) is -0.310. The third-order valence-electron chi connectivity index (χ3n) is 2.47. The van der Waals surface area contributed by atoms with Crippen LogP contribution in [0.3, 0.4) is 0 Å². The molecule has 3 N–H and O–H groups in total. The van der Waals surface area contributed by atoms with Crippen molar-refractivity contribution in [2.24, 2.45) is 5.73 Å². The number of amides is 1. The molecule has 0 spiro atoms. The van der Waals surface area contributed by atoms with Gasteiger partial charge in [-0.15, -0.1) is 0 Å². The monoisotopic (exact) mass is 186 g/mol. The van der Waals surface area contributed by atoms with Crippen LogP contribution in [0.4, 0.5) is 0 Å². The number of β-amino-alcohol motifs (C(OH)–C–C–N with tert-alkyl or cyclic N) is 1. The lowest BCUT2D eigenvalue weighted by atomic mass is 10.0. The van der Waals surface area contributed by atoms with Crippen molar-refractivity contribution in [2.75, 3.05) is 6.54 Å². The van der Waals surface area contributed by atoms with Gasteiger partial charge in [-0.25, -0.2) is 0 Å². The van der Waals surface area contributed by atoms with Crippen molar-refractivity contribution in [1.29, 1.82) is 0 Å². The van der Waals surface area contributed by atoms with Gasteiger partial charge >= 0.3 is 0 Å². The summed E-state index contributed by atoms with van der Waals surface area (Å²) in [7, 11) is 0. The Hall–Kier alpha value is -0.610. The molecule has 76 valence electrons. The maximum atomic E-state index is 11.1. The van der Waals surface area contributed by atoms with Gasteiger partial charge < -0.3 is 10.8 Å². The maximum absolute atomic E-state index is 11.1. The third kappa shape index (κ3) is 2.19. The Kier molecular flexibility index (Phi) is 2.63. The first-order chi connectivity index (χ1) is 5.82. The highest BCUT2D eigenvalue weighted by Crippen LogP contribution is 2.26. The molecule has 1 aliphatic rings. The van der Waals surface area contributed by atoms with Crippen LogP contribution >= 0.6 is 0 Å². The smallest absolute Gasteiger partial charge is 0.234 e. The number of carbonyl (C=O) groups excluding carboxylic acids is 1. The van der Waals surface area contributed by atoms with E-state index < -0.39 is 6.10 Å². The Morgan fingerprint density at radius 2 is 2.08 bits per heavy atom. The van der Waals surface area contributed by atoms with Crippen LogP contribution in [0.15, 0.2) is 0 Å². The summed E-state index contributed by atoms with van der Waals surface area (Å²) < 4.78 is 0.